The Bertz CT molecular complexity index is 1090. The largest absolute Gasteiger partial charge is 0.494 e. The van der Waals surface area contributed by atoms with E-state index in [-0.39, 0.29) is 18.2 Å². The van der Waals surface area contributed by atoms with Crippen LogP contribution in [0.1, 0.15) is 230 Å². The van der Waals surface area contributed by atoms with Crippen molar-refractivity contribution in [2.45, 2.75) is 226 Å². The minimum atomic E-state index is -0.354. The van der Waals surface area contributed by atoms with Crippen molar-refractivity contribution in [1.82, 2.24) is 0 Å². The third-order valence-corrected chi connectivity index (χ3v) is 10.7. The van der Waals surface area contributed by atoms with E-state index in [1.165, 1.54) is 96.3 Å². The summed E-state index contributed by atoms with van der Waals surface area (Å²) in [4.78, 5) is 36.1. The van der Waals surface area contributed by atoms with Crippen molar-refractivity contribution in [3.8, 4) is 11.5 Å². The molecule has 0 bridgehead atoms. The van der Waals surface area contributed by atoms with E-state index in [4.69, 9.17) is 28.4 Å². The molecule has 0 fully saturated rings. The molecule has 0 radical (unpaired) electrons. The first-order valence-corrected chi connectivity index (χ1v) is 24.4. The molecule has 0 N–H and O–H groups in total. The van der Waals surface area contributed by atoms with Gasteiger partial charge >= 0.3 is 11.9 Å². The first-order valence-electron chi connectivity index (χ1n) is 24.4. The van der Waals surface area contributed by atoms with Crippen LogP contribution in [0.2, 0.25) is 0 Å². The van der Waals surface area contributed by atoms with Gasteiger partial charge in [-0.25, -0.2) is 0 Å². The molecule has 0 atom stereocenters. The summed E-state index contributed by atoms with van der Waals surface area (Å²) in [5.41, 5.74) is 0.485. The Morgan fingerprint density at radius 2 is 0.881 bits per heavy atom. The monoisotopic (exact) mass is 833 g/mol. The van der Waals surface area contributed by atoms with Gasteiger partial charge in [-0.05, 0) is 69.6 Å². The van der Waals surface area contributed by atoms with Crippen LogP contribution in [-0.4, -0.2) is 64.2 Å². The van der Waals surface area contributed by atoms with Crippen molar-refractivity contribution >= 4 is 18.2 Å². The second-order valence-corrected chi connectivity index (χ2v) is 16.3. The second kappa shape index (κ2) is 42.1. The molecule has 0 aliphatic carbocycles. The van der Waals surface area contributed by atoms with Crippen molar-refractivity contribution in [3.05, 3.63) is 23.8 Å². The van der Waals surface area contributed by atoms with Crippen molar-refractivity contribution in [3.63, 3.8) is 0 Å². The lowest BCUT2D eigenvalue weighted by molar-refractivity contribution is -0.159. The lowest BCUT2D eigenvalue weighted by atomic mass is 10.1. The Morgan fingerprint density at radius 1 is 0.475 bits per heavy atom. The maximum atomic E-state index is 12.5. The SMILES string of the molecule is CCCCCCCCCC(=O)OCCCCCCCCOc1ccc(OCCCCCOC(=O)CCC(OCCCCCCCC)OCCCCCCCC)cc1C=O. The Labute approximate surface area is 361 Å². The Morgan fingerprint density at radius 3 is 1.39 bits per heavy atom. The number of benzene rings is 1. The molecule has 0 saturated heterocycles. The lowest BCUT2D eigenvalue weighted by Gasteiger charge is -2.18. The molecule has 59 heavy (non-hydrogen) atoms. The van der Waals surface area contributed by atoms with E-state index < -0.39 is 0 Å². The van der Waals surface area contributed by atoms with Gasteiger partial charge in [0.25, 0.3) is 0 Å². The van der Waals surface area contributed by atoms with Crippen LogP contribution < -0.4 is 9.47 Å². The number of hydrogen-bond donors (Lipinski definition) is 0. The van der Waals surface area contributed by atoms with E-state index in [2.05, 4.69) is 20.8 Å². The number of unbranched alkanes of at least 4 members (excludes halogenated alkanes) is 23. The van der Waals surface area contributed by atoms with Crippen molar-refractivity contribution in [2.75, 3.05) is 39.6 Å². The summed E-state index contributed by atoms with van der Waals surface area (Å²) in [6, 6.07) is 5.37. The van der Waals surface area contributed by atoms with Gasteiger partial charge in [-0.1, -0.05) is 149 Å². The van der Waals surface area contributed by atoms with E-state index in [9.17, 15) is 14.4 Å². The van der Waals surface area contributed by atoms with Gasteiger partial charge in [-0.15, -0.1) is 0 Å². The summed E-state index contributed by atoms with van der Waals surface area (Å²) in [7, 11) is 0. The molecular weight excluding hydrogens is 745 g/mol. The molecule has 342 valence electrons. The Hall–Kier alpha value is -2.65. The van der Waals surface area contributed by atoms with Gasteiger partial charge in [0.05, 0.1) is 38.4 Å². The minimum Gasteiger partial charge on any atom is -0.494 e. The summed E-state index contributed by atoms with van der Waals surface area (Å²) in [5.74, 6) is 0.955. The summed E-state index contributed by atoms with van der Waals surface area (Å²) in [6.07, 6.45) is 33.4. The molecule has 0 heterocycles. The van der Waals surface area contributed by atoms with Crippen LogP contribution >= 0.6 is 0 Å². The quantitative estimate of drug-likeness (QED) is 0.0275. The fourth-order valence-electron chi connectivity index (χ4n) is 6.89. The van der Waals surface area contributed by atoms with E-state index >= 15 is 0 Å². The van der Waals surface area contributed by atoms with Crippen molar-refractivity contribution < 1.29 is 42.8 Å². The average molecular weight is 833 g/mol. The van der Waals surface area contributed by atoms with Crippen LogP contribution in [-0.2, 0) is 28.5 Å². The van der Waals surface area contributed by atoms with Crippen LogP contribution in [0.3, 0.4) is 0 Å². The maximum absolute atomic E-state index is 12.5. The first-order chi connectivity index (χ1) is 29.0. The molecule has 0 saturated carbocycles. The molecule has 0 amide bonds. The molecule has 0 aliphatic rings. The van der Waals surface area contributed by atoms with E-state index in [1.807, 2.05) is 6.07 Å². The highest BCUT2D eigenvalue weighted by atomic mass is 16.7. The highest BCUT2D eigenvalue weighted by Crippen LogP contribution is 2.24. The van der Waals surface area contributed by atoms with E-state index in [0.717, 1.165) is 89.8 Å². The normalized spacial score (nSPS) is 11.3. The molecule has 0 spiro atoms. The first kappa shape index (κ1) is 54.4. The van der Waals surface area contributed by atoms with Gasteiger partial charge in [0, 0.05) is 26.1 Å². The standard InChI is InChI=1S/C50H88O9/c1-4-7-10-13-16-19-25-32-48(52)56-39-27-23-18-17-22-26-38-55-47-34-33-46(43-45(47)44-51)54-37-30-24-31-40-57-49(53)35-36-50(58-41-28-20-14-11-8-5-2)59-42-29-21-15-12-9-6-3/h33-34,43-44,50H,4-32,35-42H2,1-3H3. The second-order valence-electron chi connectivity index (χ2n) is 16.3. The van der Waals surface area contributed by atoms with Crippen LogP contribution in [0.25, 0.3) is 0 Å². The molecule has 0 aliphatic heterocycles. The minimum absolute atomic E-state index is 0.0543. The Balaban J connectivity index is 2.14. The molecule has 1 rings (SSSR count). The highest BCUT2D eigenvalue weighted by molar-refractivity contribution is 5.80. The van der Waals surface area contributed by atoms with Gasteiger partial charge in [0.1, 0.15) is 11.5 Å². The fourth-order valence-corrected chi connectivity index (χ4v) is 6.89. The van der Waals surface area contributed by atoms with Crippen LogP contribution in [0.15, 0.2) is 18.2 Å². The zero-order valence-corrected chi connectivity index (χ0v) is 38.2. The number of carbonyl (C=O) groups is 3. The smallest absolute Gasteiger partial charge is 0.305 e. The zero-order valence-electron chi connectivity index (χ0n) is 38.2. The van der Waals surface area contributed by atoms with Gasteiger partial charge in [-0.2, -0.15) is 0 Å². The molecule has 0 aromatic heterocycles. The fraction of sp³-hybridized carbons (Fsp3) is 0.820. The van der Waals surface area contributed by atoms with Crippen LogP contribution in [0.4, 0.5) is 0 Å². The average Bonchev–Trinajstić information content (AvgIpc) is 3.24. The summed E-state index contributed by atoms with van der Waals surface area (Å²) in [5, 5.41) is 0. The van der Waals surface area contributed by atoms with Gasteiger partial charge in [-0.3, -0.25) is 14.4 Å². The molecule has 9 heteroatoms. The van der Waals surface area contributed by atoms with Gasteiger partial charge < -0.3 is 28.4 Å². The molecule has 0 unspecified atom stereocenters. The predicted octanol–water partition coefficient (Wildman–Crippen LogP) is 13.9. The number of aldehydes is 1. The van der Waals surface area contributed by atoms with E-state index in [1.54, 1.807) is 12.1 Å². The number of esters is 2. The highest BCUT2D eigenvalue weighted by Gasteiger charge is 2.14. The molecule has 1 aromatic carbocycles. The van der Waals surface area contributed by atoms with Gasteiger partial charge in [0.2, 0.25) is 0 Å². The van der Waals surface area contributed by atoms with Crippen molar-refractivity contribution in [1.29, 1.82) is 0 Å². The predicted molar refractivity (Wildman–Crippen MR) is 241 cm³/mol. The number of carbonyl (C=O) groups excluding carboxylic acids is 3. The number of hydrogen-bond acceptors (Lipinski definition) is 9. The van der Waals surface area contributed by atoms with Crippen LogP contribution in [0, 0.1) is 0 Å². The summed E-state index contributed by atoms with van der Waals surface area (Å²) < 4.78 is 34.8. The topological polar surface area (TPSA) is 107 Å². The lowest BCUT2D eigenvalue weighted by Crippen LogP contribution is -2.21. The third-order valence-electron chi connectivity index (χ3n) is 10.7. The zero-order chi connectivity index (χ0) is 42.7. The van der Waals surface area contributed by atoms with E-state index in [0.29, 0.717) is 76.0 Å². The van der Waals surface area contributed by atoms with Crippen molar-refractivity contribution in [2.24, 2.45) is 0 Å². The summed E-state index contributed by atoms with van der Waals surface area (Å²) in [6.45, 7) is 10.0. The maximum Gasteiger partial charge on any atom is 0.305 e. The third kappa shape index (κ3) is 34.7. The van der Waals surface area contributed by atoms with Gasteiger partial charge in [0.15, 0.2) is 12.6 Å². The molecular formula is C50H88O9. The number of ether oxygens (including phenoxy) is 6. The number of rotatable bonds is 45. The molecule has 9 nitrogen and oxygen atoms in total. The van der Waals surface area contributed by atoms with Crippen LogP contribution in [0.5, 0.6) is 11.5 Å². The Kier molecular flexibility index (Phi) is 38.8. The summed E-state index contributed by atoms with van der Waals surface area (Å²) >= 11 is 0. The molecule has 1 aromatic rings.